The average molecular weight is 209 g/mol. The van der Waals surface area contributed by atoms with Crippen LogP contribution in [0.15, 0.2) is 23.9 Å². The predicted molar refractivity (Wildman–Crippen MR) is 53.0 cm³/mol. The first-order valence-corrected chi connectivity index (χ1v) is 4.40. The fourth-order valence-electron chi connectivity index (χ4n) is 1.01. The van der Waals surface area contributed by atoms with Gasteiger partial charge in [-0.3, -0.25) is 0 Å². The van der Waals surface area contributed by atoms with Gasteiger partial charge in [0.1, 0.15) is 5.57 Å². The molecule has 1 aromatic heterocycles. The molecule has 0 spiro atoms. The van der Waals surface area contributed by atoms with E-state index in [-0.39, 0.29) is 12.2 Å². The Hall–Kier alpha value is -2.04. The predicted octanol–water partition coefficient (Wildman–Crippen LogP) is 1.05. The van der Waals surface area contributed by atoms with Crippen molar-refractivity contribution in [3.63, 3.8) is 0 Å². The molecule has 0 aliphatic heterocycles. The SMILES string of the molecule is CCOC(=O)/C(=C/c1ccc[nH]1)C(=O)O. The zero-order valence-electron chi connectivity index (χ0n) is 8.19. The van der Waals surface area contributed by atoms with Crippen LogP contribution in [0.5, 0.6) is 0 Å². The van der Waals surface area contributed by atoms with Crippen molar-refractivity contribution < 1.29 is 19.4 Å². The van der Waals surface area contributed by atoms with E-state index in [0.29, 0.717) is 5.69 Å². The number of aromatic nitrogens is 1. The molecule has 0 saturated heterocycles. The largest absolute Gasteiger partial charge is 0.477 e. The van der Waals surface area contributed by atoms with E-state index in [9.17, 15) is 9.59 Å². The van der Waals surface area contributed by atoms with E-state index in [1.807, 2.05) is 0 Å². The summed E-state index contributed by atoms with van der Waals surface area (Å²) in [5, 5.41) is 8.79. The summed E-state index contributed by atoms with van der Waals surface area (Å²) in [6.45, 7) is 1.76. The molecule has 1 rings (SSSR count). The molecule has 15 heavy (non-hydrogen) atoms. The molecule has 0 unspecified atom stereocenters. The van der Waals surface area contributed by atoms with Crippen molar-refractivity contribution >= 4 is 18.0 Å². The maximum Gasteiger partial charge on any atom is 0.345 e. The van der Waals surface area contributed by atoms with Crippen LogP contribution >= 0.6 is 0 Å². The number of ether oxygens (including phenoxy) is 1. The number of esters is 1. The Kier molecular flexibility index (Phi) is 3.68. The van der Waals surface area contributed by atoms with Crippen molar-refractivity contribution in [2.75, 3.05) is 6.61 Å². The number of carbonyl (C=O) groups excluding carboxylic acids is 1. The second-order valence-electron chi connectivity index (χ2n) is 2.71. The molecule has 0 aromatic carbocycles. The zero-order valence-corrected chi connectivity index (χ0v) is 8.19. The average Bonchev–Trinajstić information content (AvgIpc) is 2.66. The van der Waals surface area contributed by atoms with Gasteiger partial charge in [-0.15, -0.1) is 0 Å². The van der Waals surface area contributed by atoms with Crippen molar-refractivity contribution in [3.8, 4) is 0 Å². The molecule has 0 bridgehead atoms. The second kappa shape index (κ2) is 4.99. The molecular formula is C10H11NO4. The van der Waals surface area contributed by atoms with Gasteiger partial charge in [0.25, 0.3) is 0 Å². The van der Waals surface area contributed by atoms with Gasteiger partial charge in [0.15, 0.2) is 0 Å². The normalized spacial score (nSPS) is 11.1. The molecule has 0 atom stereocenters. The lowest BCUT2D eigenvalue weighted by molar-refractivity contribution is -0.143. The van der Waals surface area contributed by atoms with Crippen LogP contribution in [0.25, 0.3) is 6.08 Å². The number of carboxylic acid groups (broad SMARTS) is 1. The quantitative estimate of drug-likeness (QED) is 0.336. The van der Waals surface area contributed by atoms with Crippen LogP contribution in [0.1, 0.15) is 12.6 Å². The minimum Gasteiger partial charge on any atom is -0.477 e. The standard InChI is InChI=1S/C10H11NO4/c1-2-15-10(14)8(9(12)13)6-7-4-3-5-11-7/h3-6,11H,2H2,1H3,(H,12,13)/b8-6+. The van der Waals surface area contributed by atoms with E-state index in [2.05, 4.69) is 9.72 Å². The minimum atomic E-state index is -1.30. The number of hydrogen-bond acceptors (Lipinski definition) is 3. The zero-order chi connectivity index (χ0) is 11.3. The Morgan fingerprint density at radius 3 is 2.80 bits per heavy atom. The summed E-state index contributed by atoms with van der Waals surface area (Å²) in [7, 11) is 0. The van der Waals surface area contributed by atoms with Crippen molar-refractivity contribution in [1.82, 2.24) is 4.98 Å². The maximum absolute atomic E-state index is 11.2. The summed E-state index contributed by atoms with van der Waals surface area (Å²) in [5.41, 5.74) is 0.153. The van der Waals surface area contributed by atoms with E-state index in [1.54, 1.807) is 25.3 Å². The van der Waals surface area contributed by atoms with Crippen LogP contribution in [-0.4, -0.2) is 28.6 Å². The van der Waals surface area contributed by atoms with Gasteiger partial charge >= 0.3 is 11.9 Å². The lowest BCUT2D eigenvalue weighted by Crippen LogP contribution is -2.15. The summed E-state index contributed by atoms with van der Waals surface area (Å²) in [5.74, 6) is -2.14. The number of carboxylic acids is 1. The van der Waals surface area contributed by atoms with E-state index >= 15 is 0 Å². The number of aromatic amines is 1. The minimum absolute atomic E-state index is 0.147. The summed E-state index contributed by atoms with van der Waals surface area (Å²) in [4.78, 5) is 24.8. The van der Waals surface area contributed by atoms with E-state index in [1.165, 1.54) is 6.08 Å². The third-order valence-corrected chi connectivity index (χ3v) is 1.65. The fraction of sp³-hybridized carbons (Fsp3) is 0.200. The summed E-state index contributed by atoms with van der Waals surface area (Å²) in [6.07, 6.45) is 2.87. The van der Waals surface area contributed by atoms with Gasteiger partial charge in [-0.2, -0.15) is 0 Å². The van der Waals surface area contributed by atoms with Gasteiger partial charge in [-0.25, -0.2) is 9.59 Å². The number of rotatable bonds is 4. The highest BCUT2D eigenvalue weighted by Gasteiger charge is 2.18. The number of nitrogens with one attached hydrogen (secondary N) is 1. The molecule has 5 heteroatoms. The first kappa shape index (κ1) is 11.0. The lowest BCUT2D eigenvalue weighted by atomic mass is 10.2. The summed E-state index contributed by atoms with van der Waals surface area (Å²) >= 11 is 0. The van der Waals surface area contributed by atoms with Gasteiger partial charge in [0.2, 0.25) is 0 Å². The molecular weight excluding hydrogens is 198 g/mol. The molecule has 5 nitrogen and oxygen atoms in total. The lowest BCUT2D eigenvalue weighted by Gasteiger charge is -2.01. The van der Waals surface area contributed by atoms with Gasteiger partial charge in [-0.1, -0.05) is 0 Å². The highest BCUT2D eigenvalue weighted by Crippen LogP contribution is 2.06. The maximum atomic E-state index is 11.2. The first-order chi connectivity index (χ1) is 7.15. The topological polar surface area (TPSA) is 79.4 Å². The first-order valence-electron chi connectivity index (χ1n) is 4.40. The molecule has 0 amide bonds. The van der Waals surface area contributed by atoms with Crippen LogP contribution in [0, 0.1) is 0 Å². The molecule has 2 N–H and O–H groups in total. The van der Waals surface area contributed by atoms with Crippen LogP contribution in [-0.2, 0) is 14.3 Å². The van der Waals surface area contributed by atoms with Gasteiger partial charge in [0, 0.05) is 11.9 Å². The van der Waals surface area contributed by atoms with Crippen LogP contribution in [0.3, 0.4) is 0 Å². The van der Waals surface area contributed by atoms with Crippen LogP contribution in [0.4, 0.5) is 0 Å². The van der Waals surface area contributed by atoms with E-state index < -0.39 is 11.9 Å². The second-order valence-corrected chi connectivity index (χ2v) is 2.71. The fourth-order valence-corrected chi connectivity index (χ4v) is 1.01. The highest BCUT2D eigenvalue weighted by atomic mass is 16.5. The van der Waals surface area contributed by atoms with E-state index in [0.717, 1.165) is 0 Å². The van der Waals surface area contributed by atoms with Crippen molar-refractivity contribution in [2.24, 2.45) is 0 Å². The third kappa shape index (κ3) is 2.98. The molecule has 0 fully saturated rings. The molecule has 0 aliphatic rings. The Morgan fingerprint density at radius 2 is 2.33 bits per heavy atom. The number of H-pyrrole nitrogens is 1. The molecule has 0 aliphatic carbocycles. The van der Waals surface area contributed by atoms with Gasteiger partial charge < -0.3 is 14.8 Å². The Morgan fingerprint density at radius 1 is 1.60 bits per heavy atom. The van der Waals surface area contributed by atoms with Crippen molar-refractivity contribution in [2.45, 2.75) is 6.92 Å². The number of carbonyl (C=O) groups is 2. The third-order valence-electron chi connectivity index (χ3n) is 1.65. The number of aliphatic carboxylic acids is 1. The monoisotopic (exact) mass is 209 g/mol. The molecule has 1 heterocycles. The molecule has 0 saturated carbocycles. The van der Waals surface area contributed by atoms with Crippen molar-refractivity contribution in [3.05, 3.63) is 29.6 Å². The van der Waals surface area contributed by atoms with Gasteiger partial charge in [-0.05, 0) is 25.1 Å². The number of hydrogen-bond donors (Lipinski definition) is 2. The summed E-state index contributed by atoms with van der Waals surface area (Å²) < 4.78 is 4.61. The van der Waals surface area contributed by atoms with Crippen LogP contribution < -0.4 is 0 Å². The Balaban J connectivity index is 2.92. The molecule has 0 radical (unpaired) electrons. The Labute approximate surface area is 86.4 Å². The van der Waals surface area contributed by atoms with Crippen LogP contribution in [0.2, 0.25) is 0 Å². The molecule has 80 valence electrons. The Bertz CT molecular complexity index is 378. The van der Waals surface area contributed by atoms with Crippen molar-refractivity contribution in [1.29, 1.82) is 0 Å². The summed E-state index contributed by atoms with van der Waals surface area (Å²) in [6, 6.07) is 3.36. The smallest absolute Gasteiger partial charge is 0.345 e. The molecule has 1 aromatic rings. The highest BCUT2D eigenvalue weighted by molar-refractivity contribution is 6.16. The van der Waals surface area contributed by atoms with Gasteiger partial charge in [0.05, 0.1) is 6.61 Å². The van der Waals surface area contributed by atoms with E-state index in [4.69, 9.17) is 5.11 Å².